The first-order valence-electron chi connectivity index (χ1n) is 5.33. The number of hydroxylamine groups is 1. The zero-order chi connectivity index (χ0) is 10.5. The van der Waals surface area contributed by atoms with Crippen LogP contribution in [-0.4, -0.2) is 11.1 Å². The predicted molar refractivity (Wildman–Crippen MR) is 62.1 cm³/mol. The van der Waals surface area contributed by atoms with E-state index in [2.05, 4.69) is 26.4 Å². The fraction of sp³-hybridized carbons (Fsp3) is 0.545. The lowest BCUT2D eigenvalue weighted by Crippen LogP contribution is -2.21. The molecule has 1 N–H and O–H groups in total. The van der Waals surface area contributed by atoms with E-state index in [1.54, 1.807) is 6.20 Å². The Balaban J connectivity index is 1.71. The zero-order valence-electron chi connectivity index (χ0n) is 8.58. The highest BCUT2D eigenvalue weighted by Crippen LogP contribution is 2.19. The van der Waals surface area contributed by atoms with E-state index in [-0.39, 0.29) is 0 Å². The SMILES string of the molecule is Brc1ccc(CNOC2CCCC2)nc1. The van der Waals surface area contributed by atoms with Gasteiger partial charge >= 0.3 is 0 Å². The molecule has 1 aliphatic rings. The summed E-state index contributed by atoms with van der Waals surface area (Å²) >= 11 is 3.35. The van der Waals surface area contributed by atoms with Crippen LogP contribution in [0.3, 0.4) is 0 Å². The summed E-state index contributed by atoms with van der Waals surface area (Å²) in [5.41, 5.74) is 3.98. The number of nitrogens with zero attached hydrogens (tertiary/aromatic N) is 1. The number of pyridine rings is 1. The Labute approximate surface area is 98.3 Å². The summed E-state index contributed by atoms with van der Waals surface area (Å²) in [5, 5.41) is 0. The van der Waals surface area contributed by atoms with E-state index in [1.165, 1.54) is 25.7 Å². The van der Waals surface area contributed by atoms with Crippen LogP contribution in [0.5, 0.6) is 0 Å². The van der Waals surface area contributed by atoms with E-state index in [0.29, 0.717) is 12.6 Å². The van der Waals surface area contributed by atoms with Gasteiger partial charge in [0.05, 0.1) is 18.3 Å². The molecule has 0 spiro atoms. The maximum absolute atomic E-state index is 5.54. The van der Waals surface area contributed by atoms with Gasteiger partial charge in [-0.05, 0) is 40.9 Å². The highest BCUT2D eigenvalue weighted by Gasteiger charge is 2.15. The molecule has 3 nitrogen and oxygen atoms in total. The molecule has 0 aromatic carbocycles. The largest absolute Gasteiger partial charge is 0.298 e. The highest BCUT2D eigenvalue weighted by atomic mass is 79.9. The minimum Gasteiger partial charge on any atom is -0.298 e. The van der Waals surface area contributed by atoms with Crippen LogP contribution in [0.2, 0.25) is 0 Å². The van der Waals surface area contributed by atoms with E-state index in [4.69, 9.17) is 4.84 Å². The molecule has 0 atom stereocenters. The molecule has 0 radical (unpaired) electrons. The van der Waals surface area contributed by atoms with E-state index in [9.17, 15) is 0 Å². The molecule has 82 valence electrons. The first kappa shape index (κ1) is 11.0. The molecule has 1 fully saturated rings. The minimum atomic E-state index is 0.403. The molecular formula is C11H15BrN2O. The van der Waals surface area contributed by atoms with E-state index >= 15 is 0 Å². The number of halogens is 1. The number of aromatic nitrogens is 1. The summed E-state index contributed by atoms with van der Waals surface area (Å²) < 4.78 is 1.00. The van der Waals surface area contributed by atoms with Gasteiger partial charge in [-0.3, -0.25) is 9.82 Å². The first-order chi connectivity index (χ1) is 7.34. The fourth-order valence-electron chi connectivity index (χ4n) is 1.75. The monoisotopic (exact) mass is 270 g/mol. The molecule has 0 amide bonds. The molecule has 1 aromatic rings. The second-order valence-corrected chi connectivity index (χ2v) is 4.73. The molecule has 15 heavy (non-hydrogen) atoms. The van der Waals surface area contributed by atoms with Crippen molar-refractivity contribution in [2.24, 2.45) is 0 Å². The lowest BCUT2D eigenvalue weighted by molar-refractivity contribution is -0.0248. The lowest BCUT2D eigenvalue weighted by atomic mass is 10.3. The molecule has 0 aliphatic heterocycles. The molecule has 0 unspecified atom stereocenters. The number of rotatable bonds is 4. The maximum Gasteiger partial charge on any atom is 0.0790 e. The third-order valence-corrected chi connectivity index (χ3v) is 3.06. The van der Waals surface area contributed by atoms with Gasteiger partial charge in [-0.25, -0.2) is 0 Å². The van der Waals surface area contributed by atoms with Crippen molar-refractivity contribution in [2.75, 3.05) is 0 Å². The van der Waals surface area contributed by atoms with Crippen LogP contribution in [0.25, 0.3) is 0 Å². The van der Waals surface area contributed by atoms with Crippen LogP contribution in [0.4, 0.5) is 0 Å². The third kappa shape index (κ3) is 3.55. The maximum atomic E-state index is 5.54. The van der Waals surface area contributed by atoms with Crippen molar-refractivity contribution in [1.29, 1.82) is 0 Å². The van der Waals surface area contributed by atoms with Crippen LogP contribution < -0.4 is 5.48 Å². The second-order valence-electron chi connectivity index (χ2n) is 3.81. The van der Waals surface area contributed by atoms with E-state index < -0.39 is 0 Å². The Morgan fingerprint density at radius 1 is 1.40 bits per heavy atom. The van der Waals surface area contributed by atoms with Crippen molar-refractivity contribution < 1.29 is 4.84 Å². The molecule has 0 bridgehead atoms. The van der Waals surface area contributed by atoms with Gasteiger partial charge in [0.15, 0.2) is 0 Å². The van der Waals surface area contributed by atoms with Crippen molar-refractivity contribution in [1.82, 2.24) is 10.5 Å². The third-order valence-electron chi connectivity index (χ3n) is 2.59. The Morgan fingerprint density at radius 2 is 2.20 bits per heavy atom. The van der Waals surface area contributed by atoms with Gasteiger partial charge in [-0.15, -0.1) is 0 Å². The molecule has 1 saturated carbocycles. The second kappa shape index (κ2) is 5.58. The summed E-state index contributed by atoms with van der Waals surface area (Å²) in [6.07, 6.45) is 7.15. The smallest absolute Gasteiger partial charge is 0.0790 e. The average molecular weight is 271 g/mol. The van der Waals surface area contributed by atoms with Gasteiger partial charge in [0.1, 0.15) is 0 Å². The number of hydrogen-bond donors (Lipinski definition) is 1. The average Bonchev–Trinajstić information content (AvgIpc) is 2.74. The number of hydrogen-bond acceptors (Lipinski definition) is 3. The summed E-state index contributed by atoms with van der Waals surface area (Å²) in [6, 6.07) is 3.97. The quantitative estimate of drug-likeness (QED) is 0.855. The molecule has 1 heterocycles. The van der Waals surface area contributed by atoms with Gasteiger partial charge in [0, 0.05) is 10.7 Å². The van der Waals surface area contributed by atoms with Gasteiger partial charge in [0.2, 0.25) is 0 Å². The molecule has 0 saturated heterocycles. The van der Waals surface area contributed by atoms with Gasteiger partial charge in [-0.1, -0.05) is 12.8 Å². The summed E-state index contributed by atoms with van der Waals surface area (Å²) in [7, 11) is 0. The molecule has 4 heteroatoms. The van der Waals surface area contributed by atoms with E-state index in [0.717, 1.165) is 10.2 Å². The zero-order valence-corrected chi connectivity index (χ0v) is 10.2. The fourth-order valence-corrected chi connectivity index (χ4v) is 1.99. The van der Waals surface area contributed by atoms with Crippen molar-refractivity contribution in [3.8, 4) is 0 Å². The Kier molecular flexibility index (Phi) is 4.11. The van der Waals surface area contributed by atoms with Gasteiger partial charge < -0.3 is 0 Å². The van der Waals surface area contributed by atoms with Crippen molar-refractivity contribution in [2.45, 2.75) is 38.3 Å². The Morgan fingerprint density at radius 3 is 2.87 bits per heavy atom. The highest BCUT2D eigenvalue weighted by molar-refractivity contribution is 9.10. The van der Waals surface area contributed by atoms with Crippen LogP contribution in [-0.2, 0) is 11.4 Å². The minimum absolute atomic E-state index is 0.403. The van der Waals surface area contributed by atoms with Crippen LogP contribution in [0.1, 0.15) is 31.4 Å². The molecule has 2 rings (SSSR count). The summed E-state index contributed by atoms with van der Waals surface area (Å²) in [5.74, 6) is 0. The van der Waals surface area contributed by atoms with Crippen molar-refractivity contribution in [3.05, 3.63) is 28.5 Å². The normalized spacial score (nSPS) is 17.1. The topological polar surface area (TPSA) is 34.1 Å². The van der Waals surface area contributed by atoms with Crippen LogP contribution >= 0.6 is 15.9 Å². The standard InChI is InChI=1S/C11H15BrN2O/c12-9-5-6-10(13-7-9)8-14-15-11-3-1-2-4-11/h5-7,11,14H,1-4,8H2. The van der Waals surface area contributed by atoms with Gasteiger partial charge in [-0.2, -0.15) is 5.48 Å². The summed E-state index contributed by atoms with van der Waals surface area (Å²) in [4.78, 5) is 9.79. The first-order valence-corrected chi connectivity index (χ1v) is 6.13. The number of nitrogens with one attached hydrogen (secondary N) is 1. The molecular weight excluding hydrogens is 256 g/mol. The predicted octanol–water partition coefficient (Wildman–Crippen LogP) is 2.81. The molecule has 1 aliphatic carbocycles. The van der Waals surface area contributed by atoms with Gasteiger partial charge in [0.25, 0.3) is 0 Å². The van der Waals surface area contributed by atoms with Crippen molar-refractivity contribution >= 4 is 15.9 Å². The van der Waals surface area contributed by atoms with E-state index in [1.807, 2.05) is 12.1 Å². The molecule has 1 aromatic heterocycles. The summed E-state index contributed by atoms with van der Waals surface area (Å²) in [6.45, 7) is 0.670. The van der Waals surface area contributed by atoms with Crippen LogP contribution in [0, 0.1) is 0 Å². The Bertz CT molecular complexity index is 296. The Hall–Kier alpha value is -0.450. The van der Waals surface area contributed by atoms with Crippen LogP contribution in [0.15, 0.2) is 22.8 Å². The van der Waals surface area contributed by atoms with Crippen molar-refractivity contribution in [3.63, 3.8) is 0 Å². The lowest BCUT2D eigenvalue weighted by Gasteiger charge is -2.11.